The normalized spacial score (nSPS) is 14.1. The van der Waals surface area contributed by atoms with E-state index in [1.165, 1.54) is 6.07 Å². The van der Waals surface area contributed by atoms with E-state index in [9.17, 15) is 9.18 Å². The molecule has 1 atom stereocenters. The first-order valence-electron chi connectivity index (χ1n) is 7.03. The SMILES string of the molecule is CCC(C)(CCO)NC(=O)c1oc2c(F)cccc2c1C. The Morgan fingerprint density at radius 2 is 2.19 bits per heavy atom. The van der Waals surface area contributed by atoms with E-state index < -0.39 is 11.4 Å². The topological polar surface area (TPSA) is 62.5 Å². The van der Waals surface area contributed by atoms with Gasteiger partial charge in [0, 0.05) is 23.1 Å². The van der Waals surface area contributed by atoms with Crippen LogP contribution in [0.5, 0.6) is 0 Å². The summed E-state index contributed by atoms with van der Waals surface area (Å²) in [5, 5.41) is 12.6. The van der Waals surface area contributed by atoms with E-state index in [2.05, 4.69) is 5.32 Å². The molecule has 0 saturated heterocycles. The summed E-state index contributed by atoms with van der Waals surface area (Å²) in [5.74, 6) is -0.753. The molecule has 0 spiro atoms. The van der Waals surface area contributed by atoms with Gasteiger partial charge in [0.05, 0.1) is 0 Å². The van der Waals surface area contributed by atoms with Crippen molar-refractivity contribution in [2.45, 2.75) is 39.2 Å². The Morgan fingerprint density at radius 1 is 1.48 bits per heavy atom. The fourth-order valence-electron chi connectivity index (χ4n) is 2.33. The number of fused-ring (bicyclic) bond motifs is 1. The average Bonchev–Trinajstić information content (AvgIpc) is 2.78. The first-order chi connectivity index (χ1) is 9.91. The number of nitrogens with one attached hydrogen (secondary N) is 1. The second-order valence-electron chi connectivity index (χ2n) is 5.51. The van der Waals surface area contributed by atoms with Crippen molar-refractivity contribution in [1.29, 1.82) is 0 Å². The van der Waals surface area contributed by atoms with Crippen LogP contribution >= 0.6 is 0 Å². The van der Waals surface area contributed by atoms with Crippen LogP contribution < -0.4 is 5.32 Å². The van der Waals surface area contributed by atoms with Crippen LogP contribution in [-0.2, 0) is 0 Å². The van der Waals surface area contributed by atoms with Crippen LogP contribution in [0.1, 0.15) is 42.8 Å². The summed E-state index contributed by atoms with van der Waals surface area (Å²) in [5.41, 5.74) is 0.195. The van der Waals surface area contributed by atoms with Crippen molar-refractivity contribution in [3.63, 3.8) is 0 Å². The molecule has 0 fully saturated rings. The molecule has 1 heterocycles. The molecule has 0 saturated carbocycles. The number of rotatable bonds is 5. The standard InChI is InChI=1S/C16H20FNO3/c1-4-16(3,8-9-19)18-15(20)13-10(2)11-6-5-7-12(17)14(11)21-13/h5-7,19H,4,8-9H2,1-3H3,(H,18,20). The van der Waals surface area contributed by atoms with E-state index in [0.29, 0.717) is 23.8 Å². The third kappa shape index (κ3) is 2.93. The second kappa shape index (κ2) is 5.85. The molecule has 0 bridgehead atoms. The van der Waals surface area contributed by atoms with Gasteiger partial charge in [0.1, 0.15) is 0 Å². The highest BCUT2D eigenvalue weighted by atomic mass is 19.1. The van der Waals surface area contributed by atoms with Crippen molar-refractivity contribution in [3.05, 3.63) is 35.3 Å². The molecule has 2 aromatic rings. The van der Waals surface area contributed by atoms with E-state index in [-0.39, 0.29) is 23.9 Å². The summed E-state index contributed by atoms with van der Waals surface area (Å²) < 4.78 is 19.1. The summed E-state index contributed by atoms with van der Waals surface area (Å²) in [6.07, 6.45) is 1.12. The van der Waals surface area contributed by atoms with Gasteiger partial charge in [-0.15, -0.1) is 0 Å². The molecular weight excluding hydrogens is 273 g/mol. The summed E-state index contributed by atoms with van der Waals surface area (Å²) in [7, 11) is 0. The highest BCUT2D eigenvalue weighted by Crippen LogP contribution is 2.28. The molecule has 1 amide bonds. The molecule has 2 N–H and O–H groups in total. The van der Waals surface area contributed by atoms with Gasteiger partial charge in [0.15, 0.2) is 17.2 Å². The van der Waals surface area contributed by atoms with E-state index in [1.54, 1.807) is 19.1 Å². The van der Waals surface area contributed by atoms with E-state index >= 15 is 0 Å². The van der Waals surface area contributed by atoms with Crippen molar-refractivity contribution in [2.24, 2.45) is 0 Å². The van der Waals surface area contributed by atoms with Crippen LogP contribution in [0.2, 0.25) is 0 Å². The second-order valence-corrected chi connectivity index (χ2v) is 5.51. The lowest BCUT2D eigenvalue weighted by atomic mass is 9.94. The van der Waals surface area contributed by atoms with Gasteiger partial charge in [0.25, 0.3) is 5.91 Å². The highest BCUT2D eigenvalue weighted by Gasteiger charge is 2.27. The van der Waals surface area contributed by atoms with Crippen LogP contribution in [0, 0.1) is 12.7 Å². The average molecular weight is 293 g/mol. The van der Waals surface area contributed by atoms with Crippen LogP contribution in [-0.4, -0.2) is 23.2 Å². The molecule has 1 aromatic heterocycles. The zero-order valence-electron chi connectivity index (χ0n) is 12.5. The highest BCUT2D eigenvalue weighted by molar-refractivity contribution is 5.99. The molecule has 0 aliphatic heterocycles. The van der Waals surface area contributed by atoms with E-state index in [4.69, 9.17) is 9.52 Å². The van der Waals surface area contributed by atoms with Crippen molar-refractivity contribution < 1.29 is 18.7 Å². The number of carbonyl (C=O) groups is 1. The fourth-order valence-corrected chi connectivity index (χ4v) is 2.33. The molecule has 4 nitrogen and oxygen atoms in total. The van der Waals surface area contributed by atoms with Gasteiger partial charge in [-0.2, -0.15) is 0 Å². The lowest BCUT2D eigenvalue weighted by molar-refractivity contribution is 0.0858. The maximum Gasteiger partial charge on any atom is 0.287 e. The van der Waals surface area contributed by atoms with Crippen LogP contribution in [0.25, 0.3) is 11.0 Å². The monoisotopic (exact) mass is 293 g/mol. The first kappa shape index (κ1) is 15.5. The molecule has 0 aliphatic carbocycles. The number of carbonyl (C=O) groups excluding carboxylic acids is 1. The number of amides is 1. The minimum absolute atomic E-state index is 0.0155. The van der Waals surface area contributed by atoms with Gasteiger partial charge in [-0.3, -0.25) is 4.79 Å². The Kier molecular flexibility index (Phi) is 4.32. The minimum Gasteiger partial charge on any atom is -0.448 e. The lowest BCUT2D eigenvalue weighted by Crippen LogP contribution is -2.46. The number of aliphatic hydroxyl groups is 1. The quantitative estimate of drug-likeness (QED) is 0.890. The largest absolute Gasteiger partial charge is 0.448 e. The number of para-hydroxylation sites is 1. The number of aliphatic hydroxyl groups excluding tert-OH is 1. The maximum atomic E-state index is 13.7. The molecule has 0 radical (unpaired) electrons. The van der Waals surface area contributed by atoms with E-state index in [1.807, 2.05) is 13.8 Å². The number of benzene rings is 1. The summed E-state index contributed by atoms with van der Waals surface area (Å²) in [6, 6.07) is 4.61. The summed E-state index contributed by atoms with van der Waals surface area (Å²) in [6.45, 7) is 5.51. The Hall–Kier alpha value is -1.88. The van der Waals surface area contributed by atoms with Crippen molar-refractivity contribution in [2.75, 3.05) is 6.61 Å². The number of halogens is 1. The number of furan rings is 1. The molecule has 1 aromatic carbocycles. The Bertz CT molecular complexity index is 665. The number of hydrogen-bond acceptors (Lipinski definition) is 3. The van der Waals surface area contributed by atoms with Crippen LogP contribution in [0.15, 0.2) is 22.6 Å². The van der Waals surface area contributed by atoms with Crippen LogP contribution in [0.3, 0.4) is 0 Å². The number of hydrogen-bond donors (Lipinski definition) is 2. The molecule has 1 unspecified atom stereocenters. The predicted octanol–water partition coefficient (Wildman–Crippen LogP) is 3.16. The van der Waals surface area contributed by atoms with Crippen LogP contribution in [0.4, 0.5) is 4.39 Å². The third-order valence-corrected chi connectivity index (χ3v) is 3.98. The van der Waals surface area contributed by atoms with Gasteiger partial charge in [-0.05, 0) is 32.8 Å². The smallest absolute Gasteiger partial charge is 0.287 e. The summed E-state index contributed by atoms with van der Waals surface area (Å²) >= 11 is 0. The first-order valence-corrected chi connectivity index (χ1v) is 7.03. The summed E-state index contributed by atoms with van der Waals surface area (Å²) in [4.78, 5) is 12.4. The maximum absolute atomic E-state index is 13.7. The minimum atomic E-state index is -0.518. The molecular formula is C16H20FNO3. The molecule has 2 rings (SSSR count). The van der Waals surface area contributed by atoms with Gasteiger partial charge < -0.3 is 14.8 Å². The lowest BCUT2D eigenvalue weighted by Gasteiger charge is -2.28. The fraction of sp³-hybridized carbons (Fsp3) is 0.438. The molecule has 21 heavy (non-hydrogen) atoms. The van der Waals surface area contributed by atoms with Gasteiger partial charge in [-0.1, -0.05) is 19.1 Å². The van der Waals surface area contributed by atoms with Gasteiger partial charge >= 0.3 is 0 Å². The van der Waals surface area contributed by atoms with Gasteiger partial charge in [0.2, 0.25) is 0 Å². The van der Waals surface area contributed by atoms with E-state index in [0.717, 1.165) is 0 Å². The number of aryl methyl sites for hydroxylation is 1. The molecule has 0 aliphatic rings. The Morgan fingerprint density at radius 3 is 2.76 bits per heavy atom. The Balaban J connectivity index is 2.36. The Labute approximate surface area is 122 Å². The zero-order chi connectivity index (χ0) is 15.6. The van der Waals surface area contributed by atoms with Crippen molar-refractivity contribution >= 4 is 16.9 Å². The molecule has 5 heteroatoms. The zero-order valence-corrected chi connectivity index (χ0v) is 12.5. The molecule has 114 valence electrons. The predicted molar refractivity (Wildman–Crippen MR) is 78.8 cm³/mol. The van der Waals surface area contributed by atoms with Crippen molar-refractivity contribution in [1.82, 2.24) is 5.32 Å². The van der Waals surface area contributed by atoms with Crippen molar-refractivity contribution in [3.8, 4) is 0 Å². The third-order valence-electron chi connectivity index (χ3n) is 3.98. The van der Waals surface area contributed by atoms with Gasteiger partial charge in [-0.25, -0.2) is 4.39 Å².